The molecule has 6 rings (SSSR count). The van der Waals surface area contributed by atoms with Crippen LogP contribution in [0.4, 0.5) is 0 Å². The van der Waals surface area contributed by atoms with E-state index in [-0.39, 0.29) is 21.7 Å². The van der Waals surface area contributed by atoms with Crippen LogP contribution in [-0.4, -0.2) is 0 Å². The minimum Gasteiger partial charge on any atom is -0.388 e. The van der Waals surface area contributed by atoms with E-state index in [0.29, 0.717) is 17.4 Å². The van der Waals surface area contributed by atoms with Gasteiger partial charge in [0, 0.05) is 22.0 Å². The standard InChI is InChI=1S/C30H34N2O2/c1-20-6-8-23(25(10-20)33-18-31)28-12-22-13-29(15-28,17-30(14-22,16-28)27(3,4)5)24-9-7-21(2)11-26(24)34-19-32/h6-11,22H,12-17H2,1-5H3. The summed E-state index contributed by atoms with van der Waals surface area (Å²) < 4.78 is 11.2. The minimum atomic E-state index is -0.0681. The van der Waals surface area contributed by atoms with Crippen molar-refractivity contribution in [2.45, 2.75) is 84.0 Å². The van der Waals surface area contributed by atoms with Gasteiger partial charge < -0.3 is 9.47 Å². The Balaban J connectivity index is 1.74. The van der Waals surface area contributed by atoms with Crippen molar-refractivity contribution in [1.29, 1.82) is 10.5 Å². The molecule has 0 saturated heterocycles. The van der Waals surface area contributed by atoms with E-state index in [9.17, 15) is 10.5 Å². The van der Waals surface area contributed by atoms with Crippen molar-refractivity contribution in [3.8, 4) is 24.0 Å². The summed E-state index contributed by atoms with van der Waals surface area (Å²) in [4.78, 5) is 0. The van der Waals surface area contributed by atoms with Gasteiger partial charge in [-0.05, 0) is 92.4 Å². The summed E-state index contributed by atoms with van der Waals surface area (Å²) in [7, 11) is 0. The van der Waals surface area contributed by atoms with Crippen LogP contribution in [0, 0.1) is 53.6 Å². The lowest BCUT2D eigenvalue weighted by Crippen LogP contribution is -2.63. The molecule has 4 bridgehead atoms. The Morgan fingerprint density at radius 2 is 1.24 bits per heavy atom. The van der Waals surface area contributed by atoms with E-state index in [4.69, 9.17) is 9.47 Å². The Bertz CT molecular complexity index is 1140. The maximum Gasteiger partial charge on any atom is 0.292 e. The molecular weight excluding hydrogens is 420 g/mol. The summed E-state index contributed by atoms with van der Waals surface area (Å²) in [5, 5.41) is 18.9. The zero-order chi connectivity index (χ0) is 24.4. The third-order valence-corrected chi connectivity index (χ3v) is 9.39. The van der Waals surface area contributed by atoms with Crippen LogP contribution >= 0.6 is 0 Å². The summed E-state index contributed by atoms with van der Waals surface area (Å²) in [5.74, 6) is 2.00. The van der Waals surface area contributed by atoms with Gasteiger partial charge in [-0.3, -0.25) is 0 Å². The molecule has 34 heavy (non-hydrogen) atoms. The Labute approximate surface area is 203 Å². The van der Waals surface area contributed by atoms with E-state index in [1.807, 2.05) is 38.5 Å². The molecule has 2 aromatic rings. The topological polar surface area (TPSA) is 66.0 Å². The summed E-state index contributed by atoms with van der Waals surface area (Å²) in [6.07, 6.45) is 10.6. The lowest BCUT2D eigenvalue weighted by Gasteiger charge is -2.70. The van der Waals surface area contributed by atoms with Crippen molar-refractivity contribution in [1.82, 2.24) is 0 Å². The highest BCUT2D eigenvalue weighted by molar-refractivity contribution is 5.50. The van der Waals surface area contributed by atoms with Gasteiger partial charge in [-0.25, -0.2) is 0 Å². The molecule has 4 aliphatic carbocycles. The van der Waals surface area contributed by atoms with E-state index >= 15 is 0 Å². The van der Waals surface area contributed by atoms with Crippen LogP contribution in [0.2, 0.25) is 0 Å². The second kappa shape index (κ2) is 7.51. The highest BCUT2D eigenvalue weighted by Gasteiger charge is 2.67. The number of rotatable bonds is 4. The molecule has 4 nitrogen and oxygen atoms in total. The van der Waals surface area contributed by atoms with Crippen molar-refractivity contribution in [2.24, 2.45) is 16.7 Å². The van der Waals surface area contributed by atoms with Crippen molar-refractivity contribution in [2.75, 3.05) is 0 Å². The average molecular weight is 455 g/mol. The van der Waals surface area contributed by atoms with Gasteiger partial charge in [0.05, 0.1) is 0 Å². The van der Waals surface area contributed by atoms with Crippen LogP contribution in [0.25, 0.3) is 0 Å². The van der Waals surface area contributed by atoms with Crippen molar-refractivity contribution >= 4 is 0 Å². The quantitative estimate of drug-likeness (QED) is 0.457. The molecule has 4 heteroatoms. The fourth-order valence-corrected chi connectivity index (χ4v) is 8.28. The number of aryl methyl sites for hydroxylation is 2. The molecule has 0 heterocycles. The SMILES string of the molecule is Cc1ccc(C23CC4CC(c5ccc(C)cc5OC#N)(C2)CC(C(C)(C)C)(C4)C3)c(OC#N)c1. The van der Waals surface area contributed by atoms with Gasteiger partial charge in [-0.15, -0.1) is 10.5 Å². The first-order valence-corrected chi connectivity index (χ1v) is 12.4. The van der Waals surface area contributed by atoms with Crippen molar-refractivity contribution < 1.29 is 9.47 Å². The fraction of sp³-hybridized carbons (Fsp3) is 0.533. The van der Waals surface area contributed by atoms with Crippen LogP contribution in [0.1, 0.15) is 81.5 Å². The molecule has 4 saturated carbocycles. The number of nitriles is 2. The highest BCUT2D eigenvalue weighted by atomic mass is 16.5. The van der Waals surface area contributed by atoms with Crippen LogP contribution in [0.3, 0.4) is 0 Å². The fourth-order valence-electron chi connectivity index (χ4n) is 8.28. The van der Waals surface area contributed by atoms with Crippen molar-refractivity contribution in [3.05, 3.63) is 58.7 Å². The molecule has 2 atom stereocenters. The third kappa shape index (κ3) is 3.31. The predicted octanol–water partition coefficient (Wildman–Crippen LogP) is 7.23. The van der Waals surface area contributed by atoms with E-state index in [2.05, 4.69) is 45.0 Å². The average Bonchev–Trinajstić information content (AvgIpc) is 2.72. The van der Waals surface area contributed by atoms with Gasteiger partial charge in [0.2, 0.25) is 0 Å². The number of ether oxygens (including phenoxy) is 2. The van der Waals surface area contributed by atoms with Gasteiger partial charge >= 0.3 is 0 Å². The molecule has 0 amide bonds. The van der Waals surface area contributed by atoms with Crippen LogP contribution in [0.5, 0.6) is 11.5 Å². The first-order valence-electron chi connectivity index (χ1n) is 12.4. The number of nitrogens with zero attached hydrogens (tertiary/aromatic N) is 2. The van der Waals surface area contributed by atoms with Gasteiger partial charge in [0.25, 0.3) is 12.5 Å². The monoisotopic (exact) mass is 454 g/mol. The molecule has 4 fully saturated rings. The molecule has 0 aromatic heterocycles. The normalized spacial score (nSPS) is 31.6. The minimum absolute atomic E-state index is 0.0681. The van der Waals surface area contributed by atoms with E-state index in [1.54, 1.807) is 0 Å². The lowest BCUT2D eigenvalue weighted by atomic mass is 9.34. The Hall–Kier alpha value is -2.98. The zero-order valence-corrected chi connectivity index (χ0v) is 21.0. The highest BCUT2D eigenvalue weighted by Crippen LogP contribution is 2.75. The van der Waals surface area contributed by atoms with Gasteiger partial charge in [0.1, 0.15) is 11.5 Å². The maximum atomic E-state index is 9.43. The van der Waals surface area contributed by atoms with Crippen LogP contribution in [0.15, 0.2) is 36.4 Å². The van der Waals surface area contributed by atoms with Crippen LogP contribution < -0.4 is 9.47 Å². The first kappa shape index (κ1) is 22.8. The summed E-state index contributed by atoms with van der Waals surface area (Å²) >= 11 is 0. The molecule has 0 spiro atoms. The molecular formula is C30H34N2O2. The van der Waals surface area contributed by atoms with Gasteiger partial charge in [0.15, 0.2) is 0 Å². The van der Waals surface area contributed by atoms with E-state index < -0.39 is 0 Å². The largest absolute Gasteiger partial charge is 0.388 e. The maximum absolute atomic E-state index is 9.43. The number of hydrogen-bond acceptors (Lipinski definition) is 4. The van der Waals surface area contributed by atoms with E-state index in [0.717, 1.165) is 43.2 Å². The van der Waals surface area contributed by atoms with Crippen LogP contribution in [-0.2, 0) is 10.8 Å². The molecule has 176 valence electrons. The molecule has 0 aliphatic heterocycles. The first-order chi connectivity index (χ1) is 16.1. The summed E-state index contributed by atoms with van der Waals surface area (Å²) in [5.41, 5.74) is 4.71. The molecule has 0 radical (unpaired) electrons. The van der Waals surface area contributed by atoms with E-state index in [1.165, 1.54) is 17.5 Å². The molecule has 2 aromatic carbocycles. The zero-order valence-electron chi connectivity index (χ0n) is 21.0. The van der Waals surface area contributed by atoms with Gasteiger partial charge in [-0.2, -0.15) is 0 Å². The Morgan fingerprint density at radius 1 is 0.765 bits per heavy atom. The molecule has 2 unspecified atom stereocenters. The molecule has 4 aliphatic rings. The number of benzene rings is 2. The molecule has 0 N–H and O–H groups in total. The Morgan fingerprint density at radius 3 is 1.65 bits per heavy atom. The lowest BCUT2D eigenvalue weighted by molar-refractivity contribution is -0.142. The number of hydrogen-bond donors (Lipinski definition) is 0. The predicted molar refractivity (Wildman–Crippen MR) is 131 cm³/mol. The second-order valence-corrected chi connectivity index (χ2v) is 12.5. The third-order valence-electron chi connectivity index (χ3n) is 9.39. The Kier molecular flexibility index (Phi) is 5.04. The second-order valence-electron chi connectivity index (χ2n) is 12.5. The van der Waals surface area contributed by atoms with Gasteiger partial charge in [-0.1, -0.05) is 45.0 Å². The van der Waals surface area contributed by atoms with Crippen molar-refractivity contribution in [3.63, 3.8) is 0 Å². The smallest absolute Gasteiger partial charge is 0.292 e. The summed E-state index contributed by atoms with van der Waals surface area (Å²) in [6, 6.07) is 12.8. The summed E-state index contributed by atoms with van der Waals surface area (Å²) in [6.45, 7) is 11.3.